The highest BCUT2D eigenvalue weighted by Crippen LogP contribution is 2.35. The summed E-state index contributed by atoms with van der Waals surface area (Å²) in [7, 11) is 0. The number of thiophene rings is 1. The third-order valence-corrected chi connectivity index (χ3v) is 6.50. The van der Waals surface area contributed by atoms with Gasteiger partial charge in [-0.1, -0.05) is 29.5 Å². The van der Waals surface area contributed by atoms with Crippen LogP contribution in [0.15, 0.2) is 50.5 Å². The Kier molecular flexibility index (Phi) is 6.48. The van der Waals surface area contributed by atoms with E-state index in [1.54, 1.807) is 11.3 Å². The minimum Gasteiger partial charge on any atom is -0.382 e. The molecule has 0 fully saturated rings. The standard InChI is InChI=1S/C19H19N5OS3/c1-2-25-10-5-9-20-18-23-24-19(28-18)27-17-14-6-3-4-7-15(14)21-16(22-17)13-8-11-26-12-13/h3-4,6-8,11-12H,2,5,9-10H2,1H3,(H,20,23). The van der Waals surface area contributed by atoms with Crippen LogP contribution in [0.1, 0.15) is 13.3 Å². The summed E-state index contributed by atoms with van der Waals surface area (Å²) in [5.41, 5.74) is 1.96. The Bertz CT molecular complexity index is 1040. The van der Waals surface area contributed by atoms with E-state index in [0.29, 0.717) is 0 Å². The molecule has 1 N–H and O–H groups in total. The lowest BCUT2D eigenvalue weighted by Crippen LogP contribution is -2.05. The number of benzene rings is 1. The van der Waals surface area contributed by atoms with Crippen molar-refractivity contribution >= 4 is 50.5 Å². The molecule has 28 heavy (non-hydrogen) atoms. The van der Waals surface area contributed by atoms with E-state index in [0.717, 1.165) is 63.0 Å². The number of nitrogens with zero attached hydrogens (tertiary/aromatic N) is 4. The molecule has 0 aliphatic heterocycles. The van der Waals surface area contributed by atoms with Crippen LogP contribution in [0, 0.1) is 0 Å². The monoisotopic (exact) mass is 429 g/mol. The molecule has 0 bridgehead atoms. The zero-order chi connectivity index (χ0) is 19.2. The maximum absolute atomic E-state index is 5.35. The van der Waals surface area contributed by atoms with Crippen molar-refractivity contribution in [3.05, 3.63) is 41.1 Å². The molecule has 1 aromatic carbocycles. The van der Waals surface area contributed by atoms with Crippen molar-refractivity contribution in [2.75, 3.05) is 25.1 Å². The first kappa shape index (κ1) is 19.3. The normalized spacial score (nSPS) is 11.2. The Morgan fingerprint density at radius 3 is 2.93 bits per heavy atom. The van der Waals surface area contributed by atoms with Crippen molar-refractivity contribution < 1.29 is 4.74 Å². The molecule has 3 aromatic heterocycles. The number of nitrogens with one attached hydrogen (secondary N) is 1. The van der Waals surface area contributed by atoms with E-state index in [2.05, 4.69) is 20.9 Å². The minimum atomic E-state index is 0.737. The summed E-state index contributed by atoms with van der Waals surface area (Å²) in [4.78, 5) is 9.52. The molecule has 0 aliphatic carbocycles. The highest BCUT2D eigenvalue weighted by molar-refractivity contribution is 8.01. The summed E-state index contributed by atoms with van der Waals surface area (Å²) in [6.07, 6.45) is 0.941. The summed E-state index contributed by atoms with van der Waals surface area (Å²) in [6.45, 7) is 4.32. The van der Waals surface area contributed by atoms with Crippen molar-refractivity contribution in [2.24, 2.45) is 0 Å². The van der Waals surface area contributed by atoms with Gasteiger partial charge in [0, 0.05) is 36.1 Å². The number of fused-ring (bicyclic) bond motifs is 1. The van der Waals surface area contributed by atoms with Gasteiger partial charge in [0.15, 0.2) is 10.2 Å². The zero-order valence-corrected chi connectivity index (χ0v) is 17.7. The average molecular weight is 430 g/mol. The number of ether oxygens (including phenoxy) is 1. The van der Waals surface area contributed by atoms with Gasteiger partial charge in [-0.15, -0.1) is 10.2 Å². The van der Waals surface area contributed by atoms with Crippen LogP contribution in [0.3, 0.4) is 0 Å². The van der Waals surface area contributed by atoms with Crippen LogP contribution in [-0.4, -0.2) is 39.9 Å². The number of rotatable bonds is 9. The molecule has 0 saturated carbocycles. The Labute approximate surface area is 175 Å². The highest BCUT2D eigenvalue weighted by Gasteiger charge is 2.13. The van der Waals surface area contributed by atoms with Crippen LogP contribution < -0.4 is 5.32 Å². The zero-order valence-electron chi connectivity index (χ0n) is 15.3. The van der Waals surface area contributed by atoms with Crippen LogP contribution in [0.5, 0.6) is 0 Å². The molecule has 0 amide bonds. The van der Waals surface area contributed by atoms with Crippen LogP contribution >= 0.6 is 34.4 Å². The first-order valence-corrected chi connectivity index (χ1v) is 11.5. The van der Waals surface area contributed by atoms with E-state index < -0.39 is 0 Å². The molecule has 4 rings (SSSR count). The molecule has 6 nitrogen and oxygen atoms in total. The van der Waals surface area contributed by atoms with Crippen LogP contribution in [0.25, 0.3) is 22.3 Å². The second-order valence-corrected chi connectivity index (χ2v) is 8.83. The van der Waals surface area contributed by atoms with Gasteiger partial charge >= 0.3 is 0 Å². The topological polar surface area (TPSA) is 72.8 Å². The first-order valence-electron chi connectivity index (χ1n) is 8.96. The molecule has 3 heterocycles. The van der Waals surface area contributed by atoms with Gasteiger partial charge in [-0.05, 0) is 42.6 Å². The maximum atomic E-state index is 5.35. The van der Waals surface area contributed by atoms with E-state index in [1.165, 1.54) is 23.1 Å². The highest BCUT2D eigenvalue weighted by atomic mass is 32.2. The fourth-order valence-corrected chi connectivity index (χ4v) is 5.00. The minimum absolute atomic E-state index is 0.737. The fourth-order valence-electron chi connectivity index (χ4n) is 2.57. The van der Waals surface area contributed by atoms with Crippen LogP contribution in [0.2, 0.25) is 0 Å². The lowest BCUT2D eigenvalue weighted by Gasteiger charge is -2.06. The van der Waals surface area contributed by atoms with Crippen molar-refractivity contribution in [1.29, 1.82) is 0 Å². The fraction of sp³-hybridized carbons (Fsp3) is 0.263. The van der Waals surface area contributed by atoms with Gasteiger partial charge in [0.05, 0.1) is 5.52 Å². The summed E-state index contributed by atoms with van der Waals surface area (Å²) in [6, 6.07) is 10.1. The van der Waals surface area contributed by atoms with Crippen molar-refractivity contribution in [3.63, 3.8) is 0 Å². The second-order valence-electron chi connectivity index (χ2n) is 5.83. The lowest BCUT2D eigenvalue weighted by molar-refractivity contribution is 0.147. The third kappa shape index (κ3) is 4.67. The van der Waals surface area contributed by atoms with Gasteiger partial charge in [0.25, 0.3) is 0 Å². The predicted octanol–water partition coefficient (Wildman–Crippen LogP) is 5.20. The van der Waals surface area contributed by atoms with Crippen molar-refractivity contribution in [1.82, 2.24) is 20.2 Å². The van der Waals surface area contributed by atoms with Gasteiger partial charge < -0.3 is 10.1 Å². The largest absolute Gasteiger partial charge is 0.382 e. The first-order chi connectivity index (χ1) is 13.8. The lowest BCUT2D eigenvalue weighted by atomic mass is 10.2. The van der Waals surface area contributed by atoms with E-state index >= 15 is 0 Å². The molecule has 9 heteroatoms. The summed E-state index contributed by atoms with van der Waals surface area (Å²) in [5, 5.41) is 18.7. The van der Waals surface area contributed by atoms with Crippen LogP contribution in [-0.2, 0) is 4.74 Å². The van der Waals surface area contributed by atoms with E-state index in [9.17, 15) is 0 Å². The predicted molar refractivity (Wildman–Crippen MR) is 116 cm³/mol. The molecule has 0 saturated heterocycles. The smallest absolute Gasteiger partial charge is 0.206 e. The SMILES string of the molecule is CCOCCCNc1nnc(Sc2nc(-c3ccsc3)nc3ccccc23)s1. The molecule has 0 radical (unpaired) electrons. The Morgan fingerprint density at radius 2 is 2.07 bits per heavy atom. The molecule has 0 unspecified atom stereocenters. The van der Waals surface area contributed by atoms with E-state index in [-0.39, 0.29) is 0 Å². The quantitative estimate of drug-likeness (QED) is 0.289. The van der Waals surface area contributed by atoms with Crippen molar-refractivity contribution in [3.8, 4) is 11.4 Å². The molecular formula is C19H19N5OS3. The van der Waals surface area contributed by atoms with E-state index in [4.69, 9.17) is 14.7 Å². The molecular weight excluding hydrogens is 410 g/mol. The maximum Gasteiger partial charge on any atom is 0.206 e. The van der Waals surface area contributed by atoms with Crippen LogP contribution in [0.4, 0.5) is 5.13 Å². The number of aromatic nitrogens is 4. The Balaban J connectivity index is 1.53. The van der Waals surface area contributed by atoms with Gasteiger partial charge in [-0.2, -0.15) is 11.3 Å². The molecule has 4 aromatic rings. The summed E-state index contributed by atoms with van der Waals surface area (Å²) >= 11 is 4.70. The van der Waals surface area contributed by atoms with Crippen molar-refractivity contribution in [2.45, 2.75) is 22.7 Å². The molecule has 0 aliphatic rings. The number of hydrogen-bond acceptors (Lipinski definition) is 9. The molecule has 0 atom stereocenters. The van der Waals surface area contributed by atoms with Gasteiger partial charge in [0.1, 0.15) is 5.03 Å². The van der Waals surface area contributed by atoms with E-state index in [1.807, 2.05) is 42.6 Å². The Morgan fingerprint density at radius 1 is 1.14 bits per heavy atom. The summed E-state index contributed by atoms with van der Waals surface area (Å²) < 4.78 is 6.20. The summed E-state index contributed by atoms with van der Waals surface area (Å²) in [5.74, 6) is 0.737. The van der Waals surface area contributed by atoms with Gasteiger partial charge in [-0.3, -0.25) is 0 Å². The number of hydrogen-bond donors (Lipinski definition) is 1. The molecule has 144 valence electrons. The number of anilines is 1. The average Bonchev–Trinajstić information content (AvgIpc) is 3.40. The van der Waals surface area contributed by atoms with Gasteiger partial charge in [-0.25, -0.2) is 9.97 Å². The third-order valence-electron chi connectivity index (χ3n) is 3.88. The Hall–Kier alpha value is -2.07. The number of para-hydroxylation sites is 1. The molecule has 0 spiro atoms. The van der Waals surface area contributed by atoms with Gasteiger partial charge in [0.2, 0.25) is 5.13 Å². The second kappa shape index (κ2) is 9.42.